The standard InChI is InChI=1S/C30H28N4O2/c1-22-21-28(34(25-17-9-4-10-18-25)30(36)32-24-15-7-3-8-16-24)26-19-11-12-20-27(26)33(22)29(35)31-23-13-5-2-6-14-23/h2-20,22,28H,21H2,1H3,(H,31,35)(H,32,36)/t22-,28-/m0/s1. The van der Waals surface area contributed by atoms with E-state index < -0.39 is 0 Å². The molecule has 1 heterocycles. The molecule has 0 saturated carbocycles. The van der Waals surface area contributed by atoms with Crippen molar-refractivity contribution in [2.45, 2.75) is 25.4 Å². The summed E-state index contributed by atoms with van der Waals surface area (Å²) in [5.41, 5.74) is 3.97. The van der Waals surface area contributed by atoms with E-state index in [1.165, 1.54) is 0 Å². The van der Waals surface area contributed by atoms with E-state index in [2.05, 4.69) is 10.6 Å². The number of carbonyl (C=O) groups excluding carboxylic acids is 2. The number of amides is 4. The zero-order valence-corrected chi connectivity index (χ0v) is 20.0. The quantitative estimate of drug-likeness (QED) is 0.325. The lowest BCUT2D eigenvalue weighted by Gasteiger charge is -2.43. The van der Waals surface area contributed by atoms with Crippen molar-refractivity contribution in [3.8, 4) is 0 Å². The van der Waals surface area contributed by atoms with Crippen LogP contribution in [-0.2, 0) is 0 Å². The Bertz CT molecular complexity index is 1330. The molecule has 4 aromatic rings. The number of fused-ring (bicyclic) bond motifs is 1. The van der Waals surface area contributed by atoms with E-state index in [-0.39, 0.29) is 24.1 Å². The number of urea groups is 2. The summed E-state index contributed by atoms with van der Waals surface area (Å²) in [7, 11) is 0. The lowest BCUT2D eigenvalue weighted by atomic mass is 9.90. The summed E-state index contributed by atoms with van der Waals surface area (Å²) < 4.78 is 0. The van der Waals surface area contributed by atoms with Crippen LogP contribution in [0.4, 0.5) is 32.3 Å². The molecule has 0 aromatic heterocycles. The molecule has 0 aliphatic carbocycles. The predicted octanol–water partition coefficient (Wildman–Crippen LogP) is 7.30. The van der Waals surface area contributed by atoms with Crippen LogP contribution in [0, 0.1) is 0 Å². The van der Waals surface area contributed by atoms with Crippen LogP contribution in [0.25, 0.3) is 0 Å². The molecule has 36 heavy (non-hydrogen) atoms. The van der Waals surface area contributed by atoms with Crippen LogP contribution in [0.15, 0.2) is 115 Å². The molecular formula is C30H28N4O2. The van der Waals surface area contributed by atoms with Crippen LogP contribution in [0.3, 0.4) is 0 Å². The van der Waals surface area contributed by atoms with Crippen LogP contribution in [0.5, 0.6) is 0 Å². The third-order valence-corrected chi connectivity index (χ3v) is 6.39. The third kappa shape index (κ3) is 4.79. The van der Waals surface area contributed by atoms with Crippen molar-refractivity contribution >= 4 is 34.8 Å². The van der Waals surface area contributed by atoms with E-state index in [4.69, 9.17) is 0 Å². The number of nitrogens with zero attached hydrogens (tertiary/aromatic N) is 2. The summed E-state index contributed by atoms with van der Waals surface area (Å²) in [5, 5.41) is 6.05. The molecule has 2 N–H and O–H groups in total. The number of hydrogen-bond donors (Lipinski definition) is 2. The number of anilines is 4. The van der Waals surface area contributed by atoms with Gasteiger partial charge in [-0.2, -0.15) is 0 Å². The molecule has 0 fully saturated rings. The number of nitrogens with one attached hydrogen (secondary N) is 2. The van der Waals surface area contributed by atoms with E-state index >= 15 is 0 Å². The van der Waals surface area contributed by atoms with Crippen molar-refractivity contribution in [1.82, 2.24) is 0 Å². The van der Waals surface area contributed by atoms with E-state index in [9.17, 15) is 9.59 Å². The summed E-state index contributed by atoms with van der Waals surface area (Å²) in [6.07, 6.45) is 0.580. The summed E-state index contributed by atoms with van der Waals surface area (Å²) in [6, 6.07) is 35.5. The highest BCUT2D eigenvalue weighted by Gasteiger charge is 2.38. The first-order valence-corrected chi connectivity index (χ1v) is 12.1. The molecule has 2 atom stereocenters. The van der Waals surface area contributed by atoms with Gasteiger partial charge in [0.25, 0.3) is 0 Å². The molecule has 0 bridgehead atoms. The third-order valence-electron chi connectivity index (χ3n) is 6.39. The van der Waals surface area contributed by atoms with Crippen molar-refractivity contribution in [1.29, 1.82) is 0 Å². The molecular weight excluding hydrogens is 448 g/mol. The van der Waals surface area contributed by atoms with Crippen molar-refractivity contribution in [2.24, 2.45) is 0 Å². The van der Waals surface area contributed by atoms with Crippen molar-refractivity contribution < 1.29 is 9.59 Å². The first kappa shape index (κ1) is 23.2. The molecule has 1 aliphatic rings. The van der Waals surface area contributed by atoms with Gasteiger partial charge in [-0.25, -0.2) is 9.59 Å². The molecule has 4 aromatic carbocycles. The second-order valence-corrected chi connectivity index (χ2v) is 8.83. The van der Waals surface area contributed by atoms with Crippen LogP contribution >= 0.6 is 0 Å². The van der Waals surface area contributed by atoms with Gasteiger partial charge in [0.05, 0.1) is 11.7 Å². The van der Waals surface area contributed by atoms with Gasteiger partial charge < -0.3 is 10.6 Å². The number of para-hydroxylation sites is 4. The maximum atomic E-state index is 13.7. The maximum absolute atomic E-state index is 13.7. The Morgan fingerprint density at radius 3 is 1.89 bits per heavy atom. The zero-order chi connectivity index (χ0) is 24.9. The summed E-state index contributed by atoms with van der Waals surface area (Å²) in [5.74, 6) is 0. The van der Waals surface area contributed by atoms with Crippen molar-refractivity contribution in [2.75, 3.05) is 20.4 Å². The molecule has 6 nitrogen and oxygen atoms in total. The summed E-state index contributed by atoms with van der Waals surface area (Å²) >= 11 is 0. The van der Waals surface area contributed by atoms with Crippen LogP contribution < -0.4 is 20.4 Å². The normalized spacial score (nSPS) is 16.5. The SMILES string of the molecule is C[C@H]1C[C@H](N(C(=O)Nc2ccccc2)c2ccccc2)c2ccccc2N1C(=O)Nc1ccccc1. The largest absolute Gasteiger partial charge is 0.326 e. The number of benzene rings is 4. The van der Waals surface area contributed by atoms with Gasteiger partial charge in [-0.05, 0) is 61.4 Å². The number of rotatable bonds is 4. The average molecular weight is 477 g/mol. The minimum atomic E-state index is -0.261. The highest BCUT2D eigenvalue weighted by molar-refractivity contribution is 6.05. The van der Waals surface area contributed by atoms with E-state index in [1.807, 2.05) is 122 Å². The van der Waals surface area contributed by atoms with E-state index in [0.717, 1.165) is 28.3 Å². The average Bonchev–Trinajstić information content (AvgIpc) is 2.90. The lowest BCUT2D eigenvalue weighted by molar-refractivity contribution is 0.251. The topological polar surface area (TPSA) is 64.7 Å². The van der Waals surface area contributed by atoms with Gasteiger partial charge in [-0.15, -0.1) is 0 Å². The Kier molecular flexibility index (Phi) is 6.67. The second kappa shape index (κ2) is 10.4. The Labute approximate surface area is 211 Å². The monoisotopic (exact) mass is 476 g/mol. The molecule has 4 amide bonds. The molecule has 0 spiro atoms. The Hall–Kier alpha value is -4.58. The number of carbonyl (C=O) groups is 2. The van der Waals surface area contributed by atoms with Gasteiger partial charge in [0.1, 0.15) is 0 Å². The maximum Gasteiger partial charge on any atom is 0.326 e. The zero-order valence-electron chi connectivity index (χ0n) is 20.0. The van der Waals surface area contributed by atoms with Crippen molar-refractivity contribution in [3.63, 3.8) is 0 Å². The van der Waals surface area contributed by atoms with Gasteiger partial charge in [0.2, 0.25) is 0 Å². The molecule has 6 heteroatoms. The Morgan fingerprint density at radius 1 is 0.722 bits per heavy atom. The van der Waals surface area contributed by atoms with E-state index in [1.54, 1.807) is 9.80 Å². The van der Waals surface area contributed by atoms with E-state index in [0.29, 0.717) is 6.42 Å². The highest BCUT2D eigenvalue weighted by Crippen LogP contribution is 2.42. The number of hydrogen-bond acceptors (Lipinski definition) is 2. The van der Waals surface area contributed by atoms with Gasteiger partial charge in [0.15, 0.2) is 0 Å². The second-order valence-electron chi connectivity index (χ2n) is 8.83. The molecule has 1 aliphatic heterocycles. The smallest absolute Gasteiger partial charge is 0.308 e. The van der Waals surface area contributed by atoms with Crippen LogP contribution in [-0.4, -0.2) is 18.1 Å². The lowest BCUT2D eigenvalue weighted by Crippen LogP contribution is -2.49. The fraction of sp³-hybridized carbons (Fsp3) is 0.133. The minimum absolute atomic E-state index is 0.149. The Balaban J connectivity index is 1.51. The first-order valence-electron chi connectivity index (χ1n) is 12.1. The highest BCUT2D eigenvalue weighted by atomic mass is 16.2. The fourth-order valence-corrected chi connectivity index (χ4v) is 4.77. The molecule has 0 unspecified atom stereocenters. The van der Waals surface area contributed by atoms with Crippen molar-refractivity contribution in [3.05, 3.63) is 121 Å². The summed E-state index contributed by atoms with van der Waals surface area (Å²) in [4.78, 5) is 30.7. The first-order chi connectivity index (χ1) is 17.6. The molecule has 0 saturated heterocycles. The molecule has 5 rings (SSSR count). The van der Waals surface area contributed by atoms with Gasteiger partial charge in [-0.1, -0.05) is 72.8 Å². The van der Waals surface area contributed by atoms with Gasteiger partial charge in [0, 0.05) is 23.1 Å². The van der Waals surface area contributed by atoms with Crippen LogP contribution in [0.1, 0.15) is 24.9 Å². The van der Waals surface area contributed by atoms with Gasteiger partial charge in [-0.3, -0.25) is 9.80 Å². The fourth-order valence-electron chi connectivity index (χ4n) is 4.77. The molecule has 0 radical (unpaired) electrons. The predicted molar refractivity (Wildman–Crippen MR) is 146 cm³/mol. The van der Waals surface area contributed by atoms with Gasteiger partial charge >= 0.3 is 12.1 Å². The summed E-state index contributed by atoms with van der Waals surface area (Å²) in [6.45, 7) is 2.02. The molecule has 180 valence electrons. The van der Waals surface area contributed by atoms with Crippen LogP contribution in [0.2, 0.25) is 0 Å². The minimum Gasteiger partial charge on any atom is -0.308 e. The Morgan fingerprint density at radius 2 is 1.25 bits per heavy atom.